The van der Waals surface area contributed by atoms with Crippen molar-refractivity contribution in [2.45, 2.75) is 11.6 Å². The first kappa shape index (κ1) is 23.2. The molecule has 3 rings (SSSR count). The highest BCUT2D eigenvalue weighted by Gasteiger charge is 2.17. The van der Waals surface area contributed by atoms with Gasteiger partial charge in [-0.15, -0.1) is 16.4 Å². The summed E-state index contributed by atoms with van der Waals surface area (Å²) in [4.78, 5) is 14.1. The van der Waals surface area contributed by atoms with Crippen molar-refractivity contribution in [3.63, 3.8) is 0 Å². The first-order valence-electron chi connectivity index (χ1n) is 9.01. The summed E-state index contributed by atoms with van der Waals surface area (Å²) in [5.74, 6) is 1.26. The number of ether oxygens (including phenoxy) is 2. The van der Waals surface area contributed by atoms with Gasteiger partial charge in [0.2, 0.25) is 15.2 Å². The number of hydrogen-bond donors (Lipinski definition) is 1. The van der Waals surface area contributed by atoms with Gasteiger partial charge < -0.3 is 9.47 Å². The van der Waals surface area contributed by atoms with Crippen LogP contribution < -0.4 is 14.2 Å². The van der Waals surface area contributed by atoms with Crippen LogP contribution in [0.1, 0.15) is 14.5 Å². The van der Waals surface area contributed by atoms with Crippen molar-refractivity contribution in [2.75, 3.05) is 32.8 Å². The molecule has 0 spiro atoms. The molecule has 13 heteroatoms. The van der Waals surface area contributed by atoms with Crippen LogP contribution in [-0.2, 0) is 16.4 Å². The number of thiophene rings is 1. The minimum absolute atomic E-state index is 0.0653. The van der Waals surface area contributed by atoms with E-state index in [1.165, 1.54) is 27.8 Å². The molecule has 0 saturated heterocycles. The first-order valence-corrected chi connectivity index (χ1v) is 12.7. The van der Waals surface area contributed by atoms with Crippen LogP contribution in [0.2, 0.25) is 0 Å². The highest BCUT2D eigenvalue weighted by molar-refractivity contribution is 7.99. The Balaban J connectivity index is 1.66. The average Bonchev–Trinajstić information content (AvgIpc) is 3.40. The Morgan fingerprint density at radius 2 is 2.03 bits per heavy atom. The number of benzene rings is 1. The molecule has 0 amide bonds. The van der Waals surface area contributed by atoms with Gasteiger partial charge >= 0.3 is 0 Å². The Morgan fingerprint density at radius 3 is 2.74 bits per heavy atom. The summed E-state index contributed by atoms with van der Waals surface area (Å²) in [6, 6.07) is 8.84. The van der Waals surface area contributed by atoms with Gasteiger partial charge in [-0.2, -0.15) is 4.68 Å². The molecule has 1 N–H and O–H groups in total. The lowest BCUT2D eigenvalue weighted by Crippen LogP contribution is -2.23. The number of aromatic nitrogens is 4. The smallest absolute Gasteiger partial charge is 0.214 e. The number of sulfonamides is 1. The van der Waals surface area contributed by atoms with Crippen molar-refractivity contribution < 1.29 is 22.7 Å². The molecule has 0 aliphatic heterocycles. The Bertz CT molecular complexity index is 1160. The van der Waals surface area contributed by atoms with Gasteiger partial charge in [0.05, 0.1) is 31.1 Å². The number of rotatable bonds is 11. The summed E-state index contributed by atoms with van der Waals surface area (Å²) >= 11 is 2.56. The van der Waals surface area contributed by atoms with E-state index >= 15 is 0 Å². The predicted octanol–water partition coefficient (Wildman–Crippen LogP) is 1.81. The lowest BCUT2D eigenvalue weighted by Gasteiger charge is -2.10. The summed E-state index contributed by atoms with van der Waals surface area (Å²) in [5.41, 5.74) is 0.596. The Hall–Kier alpha value is -2.48. The molecule has 3 aromatic rings. The molecule has 0 atom stereocenters. The van der Waals surface area contributed by atoms with Crippen molar-refractivity contribution >= 4 is 38.9 Å². The van der Waals surface area contributed by atoms with E-state index in [-0.39, 0.29) is 11.5 Å². The first-order chi connectivity index (χ1) is 14.8. The molecule has 0 radical (unpaired) electrons. The third-order valence-electron chi connectivity index (χ3n) is 4.06. The van der Waals surface area contributed by atoms with Gasteiger partial charge in [-0.1, -0.05) is 11.8 Å². The van der Waals surface area contributed by atoms with Crippen LogP contribution >= 0.6 is 23.1 Å². The number of thioether (sulfide) groups is 1. The molecule has 0 fully saturated rings. The van der Waals surface area contributed by atoms with Gasteiger partial charge in [-0.25, -0.2) is 13.1 Å². The zero-order valence-electron chi connectivity index (χ0n) is 17.1. The van der Waals surface area contributed by atoms with Crippen molar-refractivity contribution in [3.05, 3.63) is 40.1 Å². The Kier molecular flexibility index (Phi) is 7.64. The number of carbonyl (C=O) groups is 1. The topological polar surface area (TPSA) is 125 Å². The van der Waals surface area contributed by atoms with E-state index in [9.17, 15) is 13.2 Å². The maximum absolute atomic E-state index is 12.6. The van der Waals surface area contributed by atoms with Crippen molar-refractivity contribution in [1.82, 2.24) is 24.9 Å². The van der Waals surface area contributed by atoms with E-state index in [0.717, 1.165) is 11.1 Å². The fourth-order valence-corrected chi connectivity index (χ4v) is 4.88. The fraction of sp³-hybridized carbons (Fsp3) is 0.333. The predicted molar refractivity (Wildman–Crippen MR) is 118 cm³/mol. The largest absolute Gasteiger partial charge is 0.497 e. The lowest BCUT2D eigenvalue weighted by atomic mass is 10.3. The lowest BCUT2D eigenvalue weighted by molar-refractivity contribution is 0.102. The van der Waals surface area contributed by atoms with E-state index in [1.807, 2.05) is 6.07 Å². The summed E-state index contributed by atoms with van der Waals surface area (Å²) in [7, 11) is -0.119. The second kappa shape index (κ2) is 10.2. The van der Waals surface area contributed by atoms with E-state index in [2.05, 4.69) is 20.2 Å². The van der Waals surface area contributed by atoms with E-state index < -0.39 is 10.0 Å². The molecule has 1 aromatic carbocycles. The minimum Gasteiger partial charge on any atom is -0.497 e. The van der Waals surface area contributed by atoms with Gasteiger partial charge in [0.1, 0.15) is 17.2 Å². The van der Waals surface area contributed by atoms with Crippen LogP contribution in [0.25, 0.3) is 5.69 Å². The number of Topliss-reactive ketones (excluding diaryl/α,β-unsaturated/α-hetero) is 1. The summed E-state index contributed by atoms with van der Waals surface area (Å²) in [6.45, 7) is 0.291. The van der Waals surface area contributed by atoms with Crippen LogP contribution in [-0.4, -0.2) is 67.2 Å². The fourth-order valence-electron chi connectivity index (χ4n) is 2.61. The monoisotopic (exact) mass is 483 g/mol. The number of nitrogens with zero attached hydrogens (tertiary/aromatic N) is 4. The number of hydrogen-bond acceptors (Lipinski definition) is 10. The normalized spacial score (nSPS) is 11.5. The van der Waals surface area contributed by atoms with Gasteiger partial charge in [0.15, 0.2) is 5.78 Å². The summed E-state index contributed by atoms with van der Waals surface area (Å²) < 4.78 is 36.9. The van der Waals surface area contributed by atoms with Crippen molar-refractivity contribution in [3.8, 4) is 17.2 Å². The molecular formula is C18H21N5O5S3. The minimum atomic E-state index is -3.23. The summed E-state index contributed by atoms with van der Waals surface area (Å²) in [5, 5.41) is 12.2. The van der Waals surface area contributed by atoms with Crippen molar-refractivity contribution in [1.29, 1.82) is 0 Å². The Morgan fingerprint density at radius 1 is 1.23 bits per heavy atom. The van der Waals surface area contributed by atoms with Crippen molar-refractivity contribution in [2.24, 2.45) is 0 Å². The molecule has 2 heterocycles. The molecule has 2 aromatic heterocycles. The SMILES string of the molecule is COc1ccc(OC)c(-n2nnnc2SCC(=O)c2ccc(CCNS(C)(=O)=O)s2)c1. The molecule has 0 unspecified atom stereocenters. The van der Waals surface area contributed by atoms with E-state index in [4.69, 9.17) is 9.47 Å². The number of carbonyl (C=O) groups excluding carboxylic acids is 1. The maximum Gasteiger partial charge on any atom is 0.214 e. The van der Waals surface area contributed by atoms with Gasteiger partial charge in [-0.3, -0.25) is 4.79 Å². The highest BCUT2D eigenvalue weighted by Crippen LogP contribution is 2.30. The van der Waals surface area contributed by atoms with Gasteiger partial charge in [-0.05, 0) is 41.1 Å². The molecule has 31 heavy (non-hydrogen) atoms. The maximum atomic E-state index is 12.6. The molecule has 0 aliphatic carbocycles. The number of ketones is 1. The molecule has 0 saturated carbocycles. The molecule has 10 nitrogen and oxygen atoms in total. The van der Waals surface area contributed by atoms with Gasteiger partial charge in [0, 0.05) is 17.5 Å². The second-order valence-corrected chi connectivity index (χ2v) is 10.2. The third kappa shape index (κ3) is 6.26. The third-order valence-corrected chi connectivity index (χ3v) is 6.89. The highest BCUT2D eigenvalue weighted by atomic mass is 32.2. The number of methoxy groups -OCH3 is 2. The molecular weight excluding hydrogens is 462 g/mol. The van der Waals surface area contributed by atoms with Gasteiger partial charge in [0.25, 0.3) is 0 Å². The quantitative estimate of drug-likeness (QED) is 0.321. The summed E-state index contributed by atoms with van der Waals surface area (Å²) in [6.07, 6.45) is 1.63. The zero-order valence-corrected chi connectivity index (χ0v) is 19.5. The molecule has 0 aliphatic rings. The number of nitrogens with one attached hydrogen (secondary N) is 1. The van der Waals surface area contributed by atoms with Crippen LogP contribution in [0, 0.1) is 0 Å². The Labute approximate surface area is 188 Å². The zero-order chi connectivity index (χ0) is 22.4. The average molecular weight is 484 g/mol. The molecule has 166 valence electrons. The molecule has 0 bridgehead atoms. The van der Waals surface area contributed by atoms with Crippen LogP contribution in [0.5, 0.6) is 11.5 Å². The van der Waals surface area contributed by atoms with Crippen LogP contribution in [0.3, 0.4) is 0 Å². The van der Waals surface area contributed by atoms with Crippen LogP contribution in [0.4, 0.5) is 0 Å². The van der Waals surface area contributed by atoms with E-state index in [1.54, 1.807) is 38.5 Å². The second-order valence-electron chi connectivity index (χ2n) is 6.31. The van der Waals surface area contributed by atoms with Crippen LogP contribution in [0.15, 0.2) is 35.5 Å². The standard InChI is InChI=1S/C18H21N5O5S3/c1-27-12-4-6-16(28-2)14(10-12)23-18(20-21-22-23)29-11-15(24)17-7-5-13(30-17)8-9-19-31(3,25)26/h4-7,10,19H,8-9,11H2,1-3H3. The van der Waals surface area contributed by atoms with E-state index in [0.29, 0.717) is 40.2 Å². The number of tetrazole rings is 1.